The van der Waals surface area contributed by atoms with Crippen molar-refractivity contribution in [1.82, 2.24) is 4.98 Å². The highest BCUT2D eigenvalue weighted by Gasteiger charge is 2.18. The summed E-state index contributed by atoms with van der Waals surface area (Å²) in [5.41, 5.74) is 7.54. The van der Waals surface area contributed by atoms with E-state index in [4.69, 9.17) is 10.8 Å². The Kier molecular flexibility index (Phi) is 3.21. The van der Waals surface area contributed by atoms with E-state index in [1.165, 1.54) is 11.3 Å². The van der Waals surface area contributed by atoms with Gasteiger partial charge in [-0.2, -0.15) is 0 Å². The molecule has 17 heavy (non-hydrogen) atoms. The molecule has 1 aromatic heterocycles. The number of rotatable bonds is 3. The molecule has 0 atom stereocenters. The quantitative estimate of drug-likeness (QED) is 0.873. The first-order valence-electron chi connectivity index (χ1n) is 5.12. The lowest BCUT2D eigenvalue weighted by Crippen LogP contribution is -2.01. The first-order chi connectivity index (χ1) is 8.11. The average molecular weight is 248 g/mol. The number of carboxylic acids is 1. The largest absolute Gasteiger partial charge is 0.476 e. The van der Waals surface area contributed by atoms with Crippen molar-refractivity contribution in [1.29, 1.82) is 0 Å². The highest BCUT2D eigenvalue weighted by Crippen LogP contribution is 2.30. The summed E-state index contributed by atoms with van der Waals surface area (Å²) in [7, 11) is 0. The molecule has 0 fully saturated rings. The predicted octanol–water partition coefficient (Wildman–Crippen LogP) is 2.28. The molecule has 0 radical (unpaired) electrons. The van der Waals surface area contributed by atoms with Crippen LogP contribution >= 0.6 is 11.3 Å². The Morgan fingerprint density at radius 3 is 2.88 bits per heavy atom. The summed E-state index contributed by atoms with van der Waals surface area (Å²) in [6.07, 6.45) is 0. The van der Waals surface area contributed by atoms with E-state index >= 15 is 0 Å². The van der Waals surface area contributed by atoms with Crippen molar-refractivity contribution in [3.63, 3.8) is 0 Å². The molecule has 0 saturated carbocycles. The molecule has 4 nitrogen and oxygen atoms in total. The number of aryl methyl sites for hydroxylation is 1. The van der Waals surface area contributed by atoms with Gasteiger partial charge in [0.15, 0.2) is 5.69 Å². The number of nitrogens with two attached hydrogens (primary N) is 1. The Morgan fingerprint density at radius 2 is 2.29 bits per heavy atom. The molecule has 0 aliphatic carbocycles. The van der Waals surface area contributed by atoms with Gasteiger partial charge in [-0.15, -0.1) is 11.3 Å². The fourth-order valence-corrected chi connectivity index (χ4v) is 2.51. The number of aromatic carboxylic acids is 1. The highest BCUT2D eigenvalue weighted by atomic mass is 32.1. The Bertz CT molecular complexity index is 563. The van der Waals surface area contributed by atoms with Gasteiger partial charge in [0.1, 0.15) is 5.01 Å². The van der Waals surface area contributed by atoms with Gasteiger partial charge in [-0.1, -0.05) is 29.8 Å². The molecule has 2 rings (SSSR count). The van der Waals surface area contributed by atoms with Crippen LogP contribution in [-0.4, -0.2) is 16.1 Å². The topological polar surface area (TPSA) is 76.2 Å². The zero-order valence-electron chi connectivity index (χ0n) is 9.30. The van der Waals surface area contributed by atoms with Crippen molar-refractivity contribution < 1.29 is 9.90 Å². The van der Waals surface area contributed by atoms with E-state index in [1.807, 2.05) is 31.2 Å². The lowest BCUT2D eigenvalue weighted by Gasteiger charge is -2.00. The van der Waals surface area contributed by atoms with Crippen molar-refractivity contribution in [2.45, 2.75) is 13.5 Å². The summed E-state index contributed by atoms with van der Waals surface area (Å²) in [6.45, 7) is 2.23. The normalized spacial score (nSPS) is 10.5. The monoisotopic (exact) mass is 248 g/mol. The average Bonchev–Trinajstić information content (AvgIpc) is 2.73. The van der Waals surface area contributed by atoms with Crippen molar-refractivity contribution in [2.24, 2.45) is 5.73 Å². The third-order valence-corrected chi connectivity index (χ3v) is 3.46. The minimum atomic E-state index is -1.02. The first-order valence-corrected chi connectivity index (χ1v) is 5.93. The van der Waals surface area contributed by atoms with E-state index in [0.717, 1.165) is 11.1 Å². The van der Waals surface area contributed by atoms with Crippen LogP contribution in [0.2, 0.25) is 0 Å². The number of hydrogen-bond donors (Lipinski definition) is 2. The molecule has 3 N–H and O–H groups in total. The Hall–Kier alpha value is -1.72. The molecule has 0 aliphatic rings. The number of aromatic nitrogens is 1. The van der Waals surface area contributed by atoms with Crippen LogP contribution < -0.4 is 5.73 Å². The van der Waals surface area contributed by atoms with Gasteiger partial charge in [0.2, 0.25) is 0 Å². The number of thiazole rings is 1. The van der Waals surface area contributed by atoms with E-state index in [2.05, 4.69) is 4.98 Å². The lowest BCUT2D eigenvalue weighted by molar-refractivity contribution is 0.0692. The van der Waals surface area contributed by atoms with Crippen LogP contribution in [0.4, 0.5) is 0 Å². The first kappa shape index (κ1) is 11.8. The van der Waals surface area contributed by atoms with Gasteiger partial charge in [-0.05, 0) is 12.5 Å². The second kappa shape index (κ2) is 4.65. The SMILES string of the molecule is Cc1cccc(-c2sc(CN)nc2C(=O)O)c1. The molecule has 2 aromatic rings. The van der Waals surface area contributed by atoms with Gasteiger partial charge in [-0.3, -0.25) is 0 Å². The fourth-order valence-electron chi connectivity index (χ4n) is 1.58. The van der Waals surface area contributed by atoms with E-state index in [9.17, 15) is 4.79 Å². The highest BCUT2D eigenvalue weighted by molar-refractivity contribution is 7.15. The number of carboxylic acid groups (broad SMARTS) is 1. The van der Waals surface area contributed by atoms with Gasteiger partial charge in [0.05, 0.1) is 4.88 Å². The van der Waals surface area contributed by atoms with Crippen LogP contribution in [0.5, 0.6) is 0 Å². The van der Waals surface area contributed by atoms with Crippen LogP contribution in [-0.2, 0) is 6.54 Å². The Labute approximate surface area is 103 Å². The van der Waals surface area contributed by atoms with Crippen LogP contribution in [0.25, 0.3) is 10.4 Å². The number of carbonyl (C=O) groups is 1. The maximum atomic E-state index is 11.1. The Balaban J connectivity index is 2.57. The van der Waals surface area contributed by atoms with Crippen molar-refractivity contribution in [2.75, 3.05) is 0 Å². The summed E-state index contributed by atoms with van der Waals surface area (Å²) in [5.74, 6) is -1.02. The van der Waals surface area contributed by atoms with Gasteiger partial charge in [-0.25, -0.2) is 9.78 Å². The van der Waals surface area contributed by atoms with Crippen LogP contribution in [0.1, 0.15) is 21.1 Å². The lowest BCUT2D eigenvalue weighted by atomic mass is 10.1. The smallest absolute Gasteiger partial charge is 0.356 e. The maximum Gasteiger partial charge on any atom is 0.356 e. The molecular weight excluding hydrogens is 236 g/mol. The second-order valence-electron chi connectivity index (χ2n) is 3.66. The minimum Gasteiger partial charge on any atom is -0.476 e. The molecule has 0 spiro atoms. The van der Waals surface area contributed by atoms with Crippen molar-refractivity contribution >= 4 is 17.3 Å². The van der Waals surface area contributed by atoms with Gasteiger partial charge >= 0.3 is 5.97 Å². The van der Waals surface area contributed by atoms with E-state index in [-0.39, 0.29) is 12.2 Å². The van der Waals surface area contributed by atoms with E-state index < -0.39 is 5.97 Å². The summed E-state index contributed by atoms with van der Waals surface area (Å²) in [4.78, 5) is 15.8. The van der Waals surface area contributed by atoms with E-state index in [0.29, 0.717) is 9.88 Å². The molecule has 1 heterocycles. The summed E-state index contributed by atoms with van der Waals surface area (Å²) in [5, 5.41) is 9.75. The zero-order chi connectivity index (χ0) is 12.4. The predicted molar refractivity (Wildman–Crippen MR) is 67.1 cm³/mol. The van der Waals surface area contributed by atoms with E-state index in [1.54, 1.807) is 0 Å². The van der Waals surface area contributed by atoms with Gasteiger partial charge < -0.3 is 10.8 Å². The number of hydrogen-bond acceptors (Lipinski definition) is 4. The standard InChI is InChI=1S/C12H12N2O2S/c1-7-3-2-4-8(5-7)11-10(12(15)16)14-9(6-13)17-11/h2-5H,6,13H2,1H3,(H,15,16). The molecule has 0 unspecified atom stereocenters. The number of nitrogens with zero attached hydrogens (tertiary/aromatic N) is 1. The Morgan fingerprint density at radius 1 is 1.53 bits per heavy atom. The van der Waals surface area contributed by atoms with Crippen molar-refractivity contribution in [3.05, 3.63) is 40.5 Å². The molecular formula is C12H12N2O2S. The zero-order valence-corrected chi connectivity index (χ0v) is 10.1. The number of benzene rings is 1. The third kappa shape index (κ3) is 2.35. The molecule has 0 bridgehead atoms. The third-order valence-electron chi connectivity index (χ3n) is 2.33. The van der Waals surface area contributed by atoms with Gasteiger partial charge in [0.25, 0.3) is 0 Å². The molecule has 0 saturated heterocycles. The summed E-state index contributed by atoms with van der Waals surface area (Å²) < 4.78 is 0. The summed E-state index contributed by atoms with van der Waals surface area (Å²) >= 11 is 1.33. The van der Waals surface area contributed by atoms with Crippen LogP contribution in [0.15, 0.2) is 24.3 Å². The minimum absolute atomic E-state index is 0.0843. The molecule has 88 valence electrons. The van der Waals surface area contributed by atoms with Crippen LogP contribution in [0, 0.1) is 6.92 Å². The van der Waals surface area contributed by atoms with Crippen LogP contribution in [0.3, 0.4) is 0 Å². The van der Waals surface area contributed by atoms with Crippen molar-refractivity contribution in [3.8, 4) is 10.4 Å². The molecule has 0 aliphatic heterocycles. The fraction of sp³-hybridized carbons (Fsp3) is 0.167. The second-order valence-corrected chi connectivity index (χ2v) is 4.75. The maximum absolute atomic E-state index is 11.1. The van der Waals surface area contributed by atoms with Gasteiger partial charge in [0, 0.05) is 6.54 Å². The molecule has 1 aromatic carbocycles. The summed E-state index contributed by atoms with van der Waals surface area (Å²) in [6, 6.07) is 7.69. The molecule has 5 heteroatoms. The molecule has 0 amide bonds.